The molecule has 0 heterocycles. The Hall–Kier alpha value is -1.71. The molecule has 5 heteroatoms. The van der Waals surface area contributed by atoms with E-state index < -0.39 is 0 Å². The summed E-state index contributed by atoms with van der Waals surface area (Å²) in [7, 11) is 1.43. The second-order valence-electron chi connectivity index (χ2n) is 5.99. The maximum absolute atomic E-state index is 12.6. The molecular formula is C22H19ClO2SSe. The second-order valence-corrected chi connectivity index (χ2v) is 9.81. The molecule has 0 aromatic heterocycles. The van der Waals surface area contributed by atoms with Gasteiger partial charge in [-0.2, -0.15) is 0 Å². The predicted octanol–water partition coefficient (Wildman–Crippen LogP) is 4.55. The van der Waals surface area contributed by atoms with E-state index in [1.165, 1.54) is 33.4 Å². The third-order valence-corrected chi connectivity index (χ3v) is 8.12. The van der Waals surface area contributed by atoms with Crippen LogP contribution >= 0.6 is 23.4 Å². The predicted molar refractivity (Wildman–Crippen MR) is 114 cm³/mol. The molecular weight excluding hydrogens is 443 g/mol. The molecule has 0 spiro atoms. The van der Waals surface area contributed by atoms with E-state index in [0.29, 0.717) is 10.6 Å². The first-order chi connectivity index (χ1) is 13.0. The van der Waals surface area contributed by atoms with Crippen molar-refractivity contribution in [2.24, 2.45) is 0 Å². The Bertz CT molecular complexity index is 974. The first kappa shape index (κ1) is 20.0. The molecule has 0 aliphatic rings. The molecule has 0 atom stereocenters. The third-order valence-electron chi connectivity index (χ3n) is 4.04. The van der Waals surface area contributed by atoms with Crippen LogP contribution in [0.3, 0.4) is 0 Å². The zero-order valence-electron chi connectivity index (χ0n) is 15.3. The zero-order chi connectivity index (χ0) is 19.4. The number of rotatable bonds is 5. The van der Waals surface area contributed by atoms with E-state index in [0.717, 1.165) is 15.4 Å². The van der Waals surface area contributed by atoms with E-state index in [1.54, 1.807) is 0 Å². The average Bonchev–Trinajstić information content (AvgIpc) is 2.65. The van der Waals surface area contributed by atoms with E-state index in [1.807, 2.05) is 49.4 Å². The van der Waals surface area contributed by atoms with Crippen molar-refractivity contribution >= 4 is 53.2 Å². The van der Waals surface area contributed by atoms with Gasteiger partial charge in [0.25, 0.3) is 0 Å². The van der Waals surface area contributed by atoms with Crippen LogP contribution in [0.2, 0.25) is 5.02 Å². The number of halogens is 1. The first-order valence-corrected chi connectivity index (χ1v) is 11.3. The van der Waals surface area contributed by atoms with Gasteiger partial charge in [0.2, 0.25) is 0 Å². The van der Waals surface area contributed by atoms with Crippen molar-refractivity contribution in [2.45, 2.75) is 23.6 Å². The summed E-state index contributed by atoms with van der Waals surface area (Å²) in [5, 5.41) is 0.678. The molecule has 3 rings (SSSR count). The number of carbonyl (C=O) groups excluding carboxylic acids is 1. The van der Waals surface area contributed by atoms with Gasteiger partial charge in [-0.15, -0.1) is 0 Å². The molecule has 2 nitrogen and oxygen atoms in total. The first-order valence-electron chi connectivity index (χ1n) is 8.38. The van der Waals surface area contributed by atoms with Crippen LogP contribution in [0.5, 0.6) is 0 Å². The van der Waals surface area contributed by atoms with E-state index >= 15 is 0 Å². The summed E-state index contributed by atoms with van der Waals surface area (Å²) in [6.45, 7) is 4.12. The topological polar surface area (TPSA) is 26.3 Å². The van der Waals surface area contributed by atoms with Gasteiger partial charge < -0.3 is 0 Å². The molecule has 0 saturated heterocycles. The third kappa shape index (κ3) is 4.77. The summed E-state index contributed by atoms with van der Waals surface area (Å²) < 4.78 is 7.60. The van der Waals surface area contributed by atoms with E-state index in [9.17, 15) is 4.79 Å². The number of carbonyl (C=O) groups is 1. The Balaban J connectivity index is 2.07. The molecule has 0 radical (unpaired) electrons. The van der Waals surface area contributed by atoms with Crippen LogP contribution in [-0.4, -0.2) is 28.0 Å². The van der Waals surface area contributed by atoms with Gasteiger partial charge in [0, 0.05) is 0 Å². The Labute approximate surface area is 175 Å². The van der Waals surface area contributed by atoms with E-state index in [4.69, 9.17) is 16.3 Å². The van der Waals surface area contributed by atoms with Gasteiger partial charge in [0.05, 0.1) is 0 Å². The minimum absolute atomic E-state index is 0.122. The Morgan fingerprint density at radius 3 is 2.44 bits per heavy atom. The minimum atomic E-state index is -0.304. The molecule has 0 amide bonds. The summed E-state index contributed by atoms with van der Waals surface area (Å²) in [5.74, 6) is -0.304. The molecule has 3 aromatic rings. The number of hydrogen-bond acceptors (Lipinski definition) is 3. The summed E-state index contributed by atoms with van der Waals surface area (Å²) in [6, 6.07) is 20.1. The summed E-state index contributed by atoms with van der Waals surface area (Å²) >= 11 is 7.78. The van der Waals surface area contributed by atoms with Crippen LogP contribution in [0, 0.1) is 13.8 Å². The SMILES string of the molecule is COC(=O)c1c(Sc2cccc(Cl)c2)cc(C)c([Se]c2ccccc2)c1C. The van der Waals surface area contributed by atoms with Crippen molar-refractivity contribution < 1.29 is 9.53 Å². The van der Waals surface area contributed by atoms with Crippen LogP contribution < -0.4 is 8.92 Å². The Morgan fingerprint density at radius 2 is 1.78 bits per heavy atom. The standard InChI is InChI=1S/C22H19ClO2SSe/c1-14-12-19(26-17-9-7-8-16(23)13-17)20(22(24)25-3)15(2)21(14)27-18-10-5-4-6-11-18/h4-13H,1-3H3. The van der Waals surface area contributed by atoms with Gasteiger partial charge in [-0.05, 0) is 0 Å². The molecule has 0 aliphatic carbocycles. The van der Waals surface area contributed by atoms with Crippen molar-refractivity contribution in [3.63, 3.8) is 0 Å². The van der Waals surface area contributed by atoms with Crippen LogP contribution in [0.15, 0.2) is 70.5 Å². The van der Waals surface area contributed by atoms with Gasteiger partial charge in [0.1, 0.15) is 0 Å². The zero-order valence-corrected chi connectivity index (χ0v) is 18.6. The van der Waals surface area contributed by atoms with Gasteiger partial charge in [-0.1, -0.05) is 0 Å². The molecule has 0 saturated carbocycles. The van der Waals surface area contributed by atoms with Crippen molar-refractivity contribution in [2.75, 3.05) is 7.11 Å². The fourth-order valence-electron chi connectivity index (χ4n) is 2.79. The van der Waals surface area contributed by atoms with E-state index in [2.05, 4.69) is 25.1 Å². The van der Waals surface area contributed by atoms with Crippen molar-refractivity contribution in [1.29, 1.82) is 0 Å². The number of benzene rings is 3. The number of hydrogen-bond donors (Lipinski definition) is 0. The van der Waals surface area contributed by atoms with E-state index in [-0.39, 0.29) is 20.9 Å². The van der Waals surface area contributed by atoms with Crippen LogP contribution in [-0.2, 0) is 4.74 Å². The van der Waals surface area contributed by atoms with Crippen LogP contribution in [0.1, 0.15) is 21.5 Å². The monoisotopic (exact) mass is 462 g/mol. The Kier molecular flexibility index (Phi) is 6.67. The molecule has 0 bridgehead atoms. The number of esters is 1. The van der Waals surface area contributed by atoms with Gasteiger partial charge in [-0.25, -0.2) is 0 Å². The summed E-state index contributed by atoms with van der Waals surface area (Å²) in [4.78, 5) is 14.5. The van der Waals surface area contributed by atoms with Crippen molar-refractivity contribution in [3.8, 4) is 0 Å². The van der Waals surface area contributed by atoms with Gasteiger partial charge >= 0.3 is 176 Å². The average molecular weight is 462 g/mol. The van der Waals surface area contributed by atoms with Gasteiger partial charge in [0.15, 0.2) is 0 Å². The quantitative estimate of drug-likeness (QED) is 0.412. The molecule has 138 valence electrons. The number of aryl methyl sites for hydroxylation is 1. The number of methoxy groups -OCH3 is 1. The van der Waals surface area contributed by atoms with Crippen LogP contribution in [0.4, 0.5) is 0 Å². The fourth-order valence-corrected chi connectivity index (χ4v) is 6.31. The second kappa shape index (κ2) is 8.99. The molecule has 0 aliphatic heterocycles. The Morgan fingerprint density at radius 1 is 1.04 bits per heavy atom. The molecule has 3 aromatic carbocycles. The molecule has 27 heavy (non-hydrogen) atoms. The summed E-state index contributed by atoms with van der Waals surface area (Å²) in [5.41, 5.74) is 2.82. The number of ether oxygens (including phenoxy) is 1. The fraction of sp³-hybridized carbons (Fsp3) is 0.136. The molecule has 0 N–H and O–H groups in total. The molecule has 0 unspecified atom stereocenters. The van der Waals surface area contributed by atoms with Crippen molar-refractivity contribution in [1.82, 2.24) is 0 Å². The summed E-state index contributed by atoms with van der Waals surface area (Å²) in [6.07, 6.45) is 0. The molecule has 0 fully saturated rings. The van der Waals surface area contributed by atoms with Crippen molar-refractivity contribution in [3.05, 3.63) is 82.4 Å². The maximum atomic E-state index is 12.6. The normalized spacial score (nSPS) is 10.7. The van der Waals surface area contributed by atoms with Gasteiger partial charge in [-0.3, -0.25) is 0 Å². The van der Waals surface area contributed by atoms with Crippen LogP contribution in [0.25, 0.3) is 0 Å².